The summed E-state index contributed by atoms with van der Waals surface area (Å²) >= 11 is 0. The molecule has 0 spiro atoms. The minimum absolute atomic E-state index is 0.191. The van der Waals surface area contributed by atoms with Gasteiger partial charge in [0.15, 0.2) is 0 Å². The van der Waals surface area contributed by atoms with Gasteiger partial charge in [0.1, 0.15) is 0 Å². The molecule has 1 amide bonds. The van der Waals surface area contributed by atoms with Gasteiger partial charge in [-0.15, -0.1) is 0 Å². The van der Waals surface area contributed by atoms with Crippen molar-refractivity contribution < 1.29 is 13.2 Å². The molecule has 1 aliphatic heterocycles. The van der Waals surface area contributed by atoms with Crippen LogP contribution in [0.25, 0.3) is 0 Å². The summed E-state index contributed by atoms with van der Waals surface area (Å²) in [6, 6.07) is 7.17. The average Bonchev–Trinajstić information content (AvgIpc) is 3.40. The van der Waals surface area contributed by atoms with Gasteiger partial charge in [0.25, 0.3) is 0 Å². The van der Waals surface area contributed by atoms with Crippen molar-refractivity contribution in [1.29, 1.82) is 0 Å². The largest absolute Gasteiger partial charge is 0.341 e. The lowest BCUT2D eigenvalue weighted by molar-refractivity contribution is -0.132. The molecule has 1 saturated carbocycles. The van der Waals surface area contributed by atoms with Crippen LogP contribution in [-0.4, -0.2) is 49.7 Å². The summed E-state index contributed by atoms with van der Waals surface area (Å²) in [5.74, 6) is 0.772. The van der Waals surface area contributed by atoms with Gasteiger partial charge < -0.3 is 4.90 Å². The fourth-order valence-corrected chi connectivity index (χ4v) is 4.59. The summed E-state index contributed by atoms with van der Waals surface area (Å²) < 4.78 is 27.3. The van der Waals surface area contributed by atoms with Crippen molar-refractivity contribution in [2.75, 3.05) is 26.2 Å². The van der Waals surface area contributed by atoms with Crippen LogP contribution in [-0.2, 0) is 14.8 Å². The third-order valence-corrected chi connectivity index (χ3v) is 6.79. The summed E-state index contributed by atoms with van der Waals surface area (Å²) in [6.45, 7) is 6.19. The molecule has 2 fully saturated rings. The number of carbonyl (C=O) groups is 1. The van der Waals surface area contributed by atoms with Crippen LogP contribution in [0.5, 0.6) is 0 Å². The number of amides is 1. The van der Waals surface area contributed by atoms with Gasteiger partial charge in [-0.3, -0.25) is 4.79 Å². The lowest BCUT2D eigenvalue weighted by Crippen LogP contribution is -2.37. The minimum Gasteiger partial charge on any atom is -0.341 e. The molecule has 0 aromatic heterocycles. The highest BCUT2D eigenvalue weighted by Gasteiger charge is 2.35. The lowest BCUT2D eigenvalue weighted by Gasteiger charge is -2.22. The van der Waals surface area contributed by atoms with Crippen LogP contribution in [0.15, 0.2) is 29.2 Å². The number of hydrogen-bond acceptors (Lipinski definition) is 3. The number of carbonyl (C=O) groups excluding carboxylic acids is 1. The summed E-state index contributed by atoms with van der Waals surface area (Å²) in [4.78, 5) is 14.4. The van der Waals surface area contributed by atoms with Crippen molar-refractivity contribution in [3.63, 3.8) is 0 Å². The van der Waals surface area contributed by atoms with Crippen molar-refractivity contribution in [3.05, 3.63) is 29.8 Å². The zero-order valence-corrected chi connectivity index (χ0v) is 15.3. The molecule has 24 heavy (non-hydrogen) atoms. The molecule has 6 heteroatoms. The van der Waals surface area contributed by atoms with E-state index < -0.39 is 10.0 Å². The molecule has 1 aromatic carbocycles. The molecule has 1 aliphatic carbocycles. The Morgan fingerprint density at radius 3 is 2.29 bits per heavy atom. The number of benzene rings is 1. The maximum atomic E-state index is 12.9. The second-order valence-electron chi connectivity index (χ2n) is 7.08. The van der Waals surface area contributed by atoms with E-state index in [1.54, 1.807) is 12.1 Å². The molecule has 0 unspecified atom stereocenters. The molecule has 0 N–H and O–H groups in total. The van der Waals surface area contributed by atoms with E-state index in [2.05, 4.69) is 13.8 Å². The summed E-state index contributed by atoms with van der Waals surface area (Å²) in [6.07, 6.45) is 2.67. The van der Waals surface area contributed by atoms with Crippen molar-refractivity contribution >= 4 is 15.9 Å². The smallest absolute Gasteiger partial charge is 0.243 e. The average molecular weight is 350 g/mol. The number of sulfonamides is 1. The van der Waals surface area contributed by atoms with Crippen LogP contribution < -0.4 is 0 Å². The number of hydrogen-bond donors (Lipinski definition) is 0. The van der Waals surface area contributed by atoms with Gasteiger partial charge in [-0.25, -0.2) is 8.42 Å². The predicted molar refractivity (Wildman–Crippen MR) is 93.2 cm³/mol. The Balaban J connectivity index is 1.71. The molecular weight excluding hydrogens is 324 g/mol. The monoisotopic (exact) mass is 350 g/mol. The van der Waals surface area contributed by atoms with Gasteiger partial charge in [-0.05, 0) is 42.9 Å². The molecule has 1 saturated heterocycles. The molecule has 0 bridgehead atoms. The first-order chi connectivity index (χ1) is 11.4. The summed E-state index contributed by atoms with van der Waals surface area (Å²) in [5, 5.41) is 0. The third kappa shape index (κ3) is 3.64. The fraction of sp³-hybridized carbons (Fsp3) is 0.611. The maximum Gasteiger partial charge on any atom is 0.243 e. The molecule has 1 heterocycles. The van der Waals surface area contributed by atoms with E-state index in [9.17, 15) is 13.2 Å². The Bertz CT molecular complexity index is 693. The topological polar surface area (TPSA) is 57.7 Å². The van der Waals surface area contributed by atoms with Gasteiger partial charge in [0.2, 0.25) is 15.9 Å². The van der Waals surface area contributed by atoms with Crippen molar-refractivity contribution in [2.24, 2.45) is 5.92 Å². The summed E-state index contributed by atoms with van der Waals surface area (Å²) in [7, 11) is -3.49. The Kier molecular flexibility index (Phi) is 4.97. The minimum atomic E-state index is -3.49. The Morgan fingerprint density at radius 1 is 1.04 bits per heavy atom. The third-order valence-electron chi connectivity index (χ3n) is 4.88. The van der Waals surface area contributed by atoms with E-state index >= 15 is 0 Å². The van der Waals surface area contributed by atoms with Crippen molar-refractivity contribution in [3.8, 4) is 0 Å². The first kappa shape index (κ1) is 17.4. The molecular formula is C18H26N2O3S. The molecule has 5 nitrogen and oxygen atoms in total. The highest BCUT2D eigenvalue weighted by Crippen LogP contribution is 2.31. The standard InChI is InChI=1S/C18H26N2O3S/c1-14(2)15-6-8-17(9-7-15)24(22,23)20-11-3-10-19(12-13-20)18(21)16-4-5-16/h6-9,14,16H,3-5,10-13H2,1-2H3. The normalized spacial score (nSPS) is 20.2. The zero-order chi connectivity index (χ0) is 17.3. The Labute approximate surface area is 144 Å². The van der Waals surface area contributed by atoms with Gasteiger partial charge in [-0.2, -0.15) is 4.31 Å². The summed E-state index contributed by atoms with van der Waals surface area (Å²) in [5.41, 5.74) is 1.13. The molecule has 1 aromatic rings. The van der Waals surface area contributed by atoms with Gasteiger partial charge in [0.05, 0.1) is 4.90 Å². The molecule has 0 atom stereocenters. The van der Waals surface area contributed by atoms with E-state index in [-0.39, 0.29) is 11.8 Å². The van der Waals surface area contributed by atoms with Gasteiger partial charge in [0, 0.05) is 32.1 Å². The first-order valence-electron chi connectivity index (χ1n) is 8.78. The van der Waals surface area contributed by atoms with E-state index in [0.29, 0.717) is 43.4 Å². The van der Waals surface area contributed by atoms with Crippen LogP contribution in [0.4, 0.5) is 0 Å². The van der Waals surface area contributed by atoms with Crippen LogP contribution in [0.3, 0.4) is 0 Å². The number of rotatable bonds is 4. The predicted octanol–water partition coefficient (Wildman–Crippen LogP) is 2.44. The fourth-order valence-electron chi connectivity index (χ4n) is 3.12. The second-order valence-corrected chi connectivity index (χ2v) is 9.02. The van der Waals surface area contributed by atoms with E-state index in [0.717, 1.165) is 18.4 Å². The highest BCUT2D eigenvalue weighted by molar-refractivity contribution is 7.89. The SMILES string of the molecule is CC(C)c1ccc(S(=O)(=O)N2CCCN(C(=O)C3CC3)CC2)cc1. The molecule has 3 rings (SSSR count). The second kappa shape index (κ2) is 6.84. The molecule has 2 aliphatic rings. The molecule has 132 valence electrons. The quantitative estimate of drug-likeness (QED) is 0.838. The van der Waals surface area contributed by atoms with E-state index in [1.165, 1.54) is 4.31 Å². The Hall–Kier alpha value is -1.40. The van der Waals surface area contributed by atoms with Crippen molar-refractivity contribution in [1.82, 2.24) is 9.21 Å². The van der Waals surface area contributed by atoms with Crippen molar-refractivity contribution in [2.45, 2.75) is 43.9 Å². The van der Waals surface area contributed by atoms with Gasteiger partial charge in [-0.1, -0.05) is 26.0 Å². The highest BCUT2D eigenvalue weighted by atomic mass is 32.2. The van der Waals surface area contributed by atoms with Crippen LogP contribution in [0, 0.1) is 5.92 Å². The van der Waals surface area contributed by atoms with Crippen LogP contribution >= 0.6 is 0 Å². The van der Waals surface area contributed by atoms with Crippen LogP contribution in [0.1, 0.15) is 44.6 Å². The first-order valence-corrected chi connectivity index (χ1v) is 10.2. The van der Waals surface area contributed by atoms with E-state index in [4.69, 9.17) is 0 Å². The number of nitrogens with zero attached hydrogens (tertiary/aromatic N) is 2. The maximum absolute atomic E-state index is 12.9. The lowest BCUT2D eigenvalue weighted by atomic mass is 10.0. The Morgan fingerprint density at radius 2 is 1.71 bits per heavy atom. The van der Waals surface area contributed by atoms with Crippen LogP contribution in [0.2, 0.25) is 0 Å². The van der Waals surface area contributed by atoms with E-state index in [1.807, 2.05) is 17.0 Å². The zero-order valence-electron chi connectivity index (χ0n) is 14.4. The molecule has 0 radical (unpaired) electrons. The van der Waals surface area contributed by atoms with Gasteiger partial charge >= 0.3 is 0 Å².